The van der Waals surface area contributed by atoms with E-state index in [4.69, 9.17) is 14.2 Å². The lowest BCUT2D eigenvalue weighted by Crippen LogP contribution is -2.67. The van der Waals surface area contributed by atoms with E-state index in [0.29, 0.717) is 16.7 Å². The minimum atomic E-state index is -3.09. The molecule has 0 aromatic heterocycles. The molecule has 3 rings (SSSR count). The molecule has 34 heavy (non-hydrogen) atoms. The van der Waals surface area contributed by atoms with Gasteiger partial charge in [-0.3, -0.25) is 4.79 Å². The van der Waals surface area contributed by atoms with Crippen molar-refractivity contribution in [2.45, 2.75) is 43.8 Å². The van der Waals surface area contributed by atoms with Crippen molar-refractivity contribution in [3.05, 3.63) is 108 Å². The zero-order valence-corrected chi connectivity index (χ0v) is 18.4. The van der Waals surface area contributed by atoms with E-state index in [9.17, 15) is 25.2 Å². The van der Waals surface area contributed by atoms with E-state index in [1.54, 1.807) is 91.0 Å². The van der Waals surface area contributed by atoms with Gasteiger partial charge in [-0.25, -0.2) is 0 Å². The molecule has 0 fully saturated rings. The number of ether oxygens (including phenoxy) is 3. The van der Waals surface area contributed by atoms with Gasteiger partial charge in [0.1, 0.15) is 0 Å². The fraction of sp³-hybridized carbons (Fsp3) is 0.269. The lowest BCUT2D eigenvalue weighted by atomic mass is 9.99. The van der Waals surface area contributed by atoms with Crippen molar-refractivity contribution in [1.29, 1.82) is 0 Å². The van der Waals surface area contributed by atoms with Gasteiger partial charge in [-0.1, -0.05) is 91.0 Å². The quantitative estimate of drug-likeness (QED) is 0.221. The number of carbonyl (C=O) groups excluding carboxylic acids is 1. The molecule has 0 aliphatic carbocycles. The van der Waals surface area contributed by atoms with Crippen LogP contribution in [0.3, 0.4) is 0 Å². The van der Waals surface area contributed by atoms with Crippen LogP contribution in [0.15, 0.2) is 91.0 Å². The summed E-state index contributed by atoms with van der Waals surface area (Å²) < 4.78 is 16.1. The first-order valence-corrected chi connectivity index (χ1v) is 10.7. The predicted octanol–water partition coefficient (Wildman–Crippen LogP) is 1.89. The zero-order valence-electron chi connectivity index (χ0n) is 18.4. The molecule has 8 nitrogen and oxygen atoms in total. The number of hydrogen-bond donors (Lipinski definition) is 4. The Morgan fingerprint density at radius 1 is 0.676 bits per heavy atom. The number of hydrogen-bond acceptors (Lipinski definition) is 8. The van der Waals surface area contributed by atoms with Crippen LogP contribution in [0.4, 0.5) is 0 Å². The first-order chi connectivity index (χ1) is 16.4. The molecule has 0 saturated carbocycles. The van der Waals surface area contributed by atoms with Crippen LogP contribution >= 0.6 is 0 Å². The molecule has 0 spiro atoms. The van der Waals surface area contributed by atoms with Crippen molar-refractivity contribution in [2.24, 2.45) is 0 Å². The molecule has 3 aromatic rings. The maximum Gasteiger partial charge on any atom is 0.282 e. The molecular weight excluding hydrogens is 440 g/mol. The summed E-state index contributed by atoms with van der Waals surface area (Å²) in [6.45, 7) is -0.719. The lowest BCUT2D eigenvalue weighted by Gasteiger charge is -2.42. The van der Waals surface area contributed by atoms with Gasteiger partial charge in [-0.15, -0.1) is 0 Å². The summed E-state index contributed by atoms with van der Waals surface area (Å²) >= 11 is 0. The van der Waals surface area contributed by atoms with Gasteiger partial charge in [0.15, 0.2) is 18.7 Å². The SMILES string of the molecule is O=C[C@@](O)(OCc1ccccc1)[C@@](O)(OCc1ccccc1)[C@H](O)C(O)OCc1ccccc1. The third kappa shape index (κ3) is 6.34. The molecule has 4 atom stereocenters. The molecule has 0 amide bonds. The van der Waals surface area contributed by atoms with Gasteiger partial charge in [0.25, 0.3) is 11.6 Å². The van der Waals surface area contributed by atoms with Crippen LogP contribution in [0.25, 0.3) is 0 Å². The molecule has 180 valence electrons. The number of aliphatic hydroxyl groups excluding tert-OH is 2. The average molecular weight is 469 g/mol. The van der Waals surface area contributed by atoms with Crippen molar-refractivity contribution >= 4 is 6.29 Å². The van der Waals surface area contributed by atoms with E-state index in [2.05, 4.69) is 0 Å². The maximum absolute atomic E-state index is 12.0. The predicted molar refractivity (Wildman–Crippen MR) is 122 cm³/mol. The summed E-state index contributed by atoms with van der Waals surface area (Å²) in [5, 5.41) is 43.5. The molecule has 4 N–H and O–H groups in total. The standard InChI is InChI=1S/C26H28O8/c27-19-25(30,33-17-21-12-6-2-7-13-21)26(31,34-18-22-14-8-3-9-15-22)23(28)24(29)32-16-20-10-4-1-5-11-20/h1-15,19,23-24,28-31H,16-18H2/t23-,24?,25-,26+/m1/s1. The van der Waals surface area contributed by atoms with Gasteiger partial charge in [-0.05, 0) is 16.7 Å². The normalized spacial score (nSPS) is 16.7. The molecule has 0 heterocycles. The van der Waals surface area contributed by atoms with Crippen molar-refractivity contribution in [3.8, 4) is 0 Å². The van der Waals surface area contributed by atoms with E-state index in [1.807, 2.05) is 0 Å². The van der Waals surface area contributed by atoms with E-state index in [1.165, 1.54) is 0 Å². The highest BCUT2D eigenvalue weighted by atomic mass is 16.7. The first kappa shape index (κ1) is 25.7. The first-order valence-electron chi connectivity index (χ1n) is 10.7. The Bertz CT molecular complexity index is 1000. The number of carbonyl (C=O) groups is 1. The monoisotopic (exact) mass is 468 g/mol. The molecule has 0 aliphatic rings. The summed E-state index contributed by atoms with van der Waals surface area (Å²) in [4.78, 5) is 12.0. The summed E-state index contributed by atoms with van der Waals surface area (Å²) in [6, 6.07) is 26.0. The lowest BCUT2D eigenvalue weighted by molar-refractivity contribution is -0.412. The van der Waals surface area contributed by atoms with Gasteiger partial charge in [0, 0.05) is 0 Å². The number of rotatable bonds is 13. The molecule has 8 heteroatoms. The molecule has 0 aliphatic heterocycles. The molecule has 0 saturated heterocycles. The Morgan fingerprint density at radius 3 is 1.53 bits per heavy atom. The highest BCUT2D eigenvalue weighted by Gasteiger charge is 2.60. The Kier molecular flexibility index (Phi) is 9.03. The molecular formula is C26H28O8. The van der Waals surface area contributed by atoms with E-state index in [0.717, 1.165) is 0 Å². The zero-order chi connectivity index (χ0) is 24.4. The minimum absolute atomic E-state index is 0.0892. The number of benzene rings is 3. The largest absolute Gasteiger partial charge is 0.382 e. The van der Waals surface area contributed by atoms with Crippen LogP contribution in [-0.4, -0.2) is 50.7 Å². The Hall–Kier alpha value is -2.95. The van der Waals surface area contributed by atoms with E-state index < -0.39 is 24.0 Å². The molecule has 1 unspecified atom stereocenters. The van der Waals surface area contributed by atoms with Crippen LogP contribution in [0.5, 0.6) is 0 Å². The van der Waals surface area contributed by atoms with Crippen LogP contribution in [0, 0.1) is 0 Å². The molecule has 0 radical (unpaired) electrons. The van der Waals surface area contributed by atoms with Crippen LogP contribution in [0.2, 0.25) is 0 Å². The van der Waals surface area contributed by atoms with Crippen molar-refractivity contribution in [1.82, 2.24) is 0 Å². The van der Waals surface area contributed by atoms with Crippen LogP contribution in [0.1, 0.15) is 16.7 Å². The van der Waals surface area contributed by atoms with Crippen molar-refractivity contribution < 1.29 is 39.4 Å². The Labute approximate surface area is 197 Å². The summed E-state index contributed by atoms with van der Waals surface area (Å²) in [7, 11) is 0. The third-order valence-corrected chi connectivity index (χ3v) is 5.21. The minimum Gasteiger partial charge on any atom is -0.382 e. The Morgan fingerprint density at radius 2 is 1.09 bits per heavy atom. The van der Waals surface area contributed by atoms with Gasteiger partial charge in [0.2, 0.25) is 0 Å². The summed E-state index contributed by atoms with van der Waals surface area (Å²) in [5.41, 5.74) is 1.85. The summed E-state index contributed by atoms with van der Waals surface area (Å²) in [6.07, 6.45) is -4.41. The fourth-order valence-corrected chi connectivity index (χ4v) is 3.20. The van der Waals surface area contributed by atoms with Gasteiger partial charge in [-0.2, -0.15) is 0 Å². The second kappa shape index (κ2) is 12.0. The van der Waals surface area contributed by atoms with Gasteiger partial charge >= 0.3 is 0 Å². The highest BCUT2D eigenvalue weighted by Crippen LogP contribution is 2.32. The smallest absolute Gasteiger partial charge is 0.282 e. The van der Waals surface area contributed by atoms with Crippen LogP contribution < -0.4 is 0 Å². The third-order valence-electron chi connectivity index (χ3n) is 5.21. The van der Waals surface area contributed by atoms with Crippen molar-refractivity contribution in [3.63, 3.8) is 0 Å². The maximum atomic E-state index is 12.0. The second-order valence-electron chi connectivity index (χ2n) is 7.69. The average Bonchev–Trinajstić information content (AvgIpc) is 2.90. The highest BCUT2D eigenvalue weighted by molar-refractivity contribution is 5.62. The van der Waals surface area contributed by atoms with Gasteiger partial charge in [0.05, 0.1) is 19.8 Å². The number of aldehydes is 1. The van der Waals surface area contributed by atoms with E-state index in [-0.39, 0.29) is 26.1 Å². The Balaban J connectivity index is 1.82. The number of aliphatic hydroxyl groups is 4. The topological polar surface area (TPSA) is 126 Å². The van der Waals surface area contributed by atoms with Gasteiger partial charge < -0.3 is 34.6 Å². The van der Waals surface area contributed by atoms with Crippen molar-refractivity contribution in [2.75, 3.05) is 0 Å². The fourth-order valence-electron chi connectivity index (χ4n) is 3.20. The second-order valence-corrected chi connectivity index (χ2v) is 7.69. The van der Waals surface area contributed by atoms with E-state index >= 15 is 0 Å². The van der Waals surface area contributed by atoms with Crippen LogP contribution in [-0.2, 0) is 38.8 Å². The summed E-state index contributed by atoms with van der Waals surface area (Å²) in [5.74, 6) is -6.14. The molecule has 0 bridgehead atoms. The molecule has 3 aromatic carbocycles.